The molecule has 0 atom stereocenters. The molecule has 0 saturated heterocycles. The van der Waals surface area contributed by atoms with Gasteiger partial charge in [0.2, 0.25) is 0 Å². The van der Waals surface area contributed by atoms with Crippen LogP contribution in [0.4, 0.5) is 19.0 Å². The highest BCUT2D eigenvalue weighted by atomic mass is 127. The van der Waals surface area contributed by atoms with Gasteiger partial charge < -0.3 is 5.11 Å². The Balaban J connectivity index is 2.48. The van der Waals surface area contributed by atoms with Gasteiger partial charge in [0.25, 0.3) is 10.0 Å². The van der Waals surface area contributed by atoms with E-state index >= 15 is 0 Å². The van der Waals surface area contributed by atoms with E-state index in [1.807, 2.05) is 22.6 Å². The van der Waals surface area contributed by atoms with Crippen molar-refractivity contribution in [2.75, 3.05) is 10.8 Å². The minimum atomic E-state index is -4.82. The molecule has 0 amide bonds. The summed E-state index contributed by atoms with van der Waals surface area (Å²) in [6.07, 6.45) is -4.82. The molecule has 0 spiro atoms. The van der Waals surface area contributed by atoms with Gasteiger partial charge in [-0.3, -0.25) is 4.79 Å². The number of carboxylic acids is 1. The van der Waals surface area contributed by atoms with Crippen LogP contribution >= 0.6 is 33.9 Å². The number of rotatable bonds is 4. The number of aliphatic carboxylic acids is 1. The van der Waals surface area contributed by atoms with Crippen LogP contribution in [0.3, 0.4) is 0 Å². The predicted octanol–water partition coefficient (Wildman–Crippen LogP) is 4.44. The molecular formula is C17H14F3IN2O4S2. The second kappa shape index (κ2) is 7.23. The number of hydrogen-bond donors (Lipinski definition) is 1. The van der Waals surface area contributed by atoms with Gasteiger partial charge in [-0.1, -0.05) is 18.2 Å². The summed E-state index contributed by atoms with van der Waals surface area (Å²) in [5.41, 5.74) is -0.429. The highest BCUT2D eigenvalue weighted by Gasteiger charge is 2.50. The molecule has 0 unspecified atom stereocenters. The Morgan fingerprint density at radius 1 is 1.28 bits per heavy atom. The second-order valence-corrected chi connectivity index (χ2v) is 10.6. The monoisotopic (exact) mass is 558 g/mol. The number of sulfonamides is 1. The molecular weight excluding hydrogens is 544 g/mol. The van der Waals surface area contributed by atoms with Gasteiger partial charge in [-0.25, -0.2) is 17.7 Å². The highest BCUT2D eigenvalue weighted by Crippen LogP contribution is 2.52. The van der Waals surface area contributed by atoms with Crippen molar-refractivity contribution in [3.05, 3.63) is 43.8 Å². The van der Waals surface area contributed by atoms with Crippen LogP contribution < -0.4 is 4.31 Å². The molecule has 3 rings (SSSR count). The lowest BCUT2D eigenvalue weighted by molar-refractivity contribution is -0.143. The van der Waals surface area contributed by atoms with Crippen molar-refractivity contribution in [3.8, 4) is 0 Å². The quantitative estimate of drug-likeness (QED) is 0.561. The number of hydrogen-bond acceptors (Lipinski definition) is 5. The Labute approximate surface area is 182 Å². The Morgan fingerprint density at radius 2 is 1.90 bits per heavy atom. The summed E-state index contributed by atoms with van der Waals surface area (Å²) in [6.45, 7) is 0.873. The Kier molecular flexibility index (Phi) is 5.49. The van der Waals surface area contributed by atoms with Crippen LogP contribution in [0.5, 0.6) is 0 Å². The van der Waals surface area contributed by atoms with Gasteiger partial charge in [0.05, 0.1) is 15.8 Å². The molecule has 0 saturated carbocycles. The molecule has 1 aromatic carbocycles. The van der Waals surface area contributed by atoms with Gasteiger partial charge in [0.15, 0.2) is 5.82 Å². The normalized spacial score (nSPS) is 16.7. The van der Waals surface area contributed by atoms with E-state index in [1.165, 1.54) is 25.4 Å². The molecule has 29 heavy (non-hydrogen) atoms. The van der Waals surface area contributed by atoms with Crippen LogP contribution in [-0.4, -0.2) is 37.2 Å². The van der Waals surface area contributed by atoms with Crippen LogP contribution in [-0.2, 0) is 14.8 Å². The Bertz CT molecular complexity index is 1120. The number of fused-ring (bicyclic) bond motifs is 1. The average Bonchev–Trinajstić information content (AvgIpc) is 3.05. The van der Waals surface area contributed by atoms with E-state index in [0.717, 1.165) is 11.3 Å². The van der Waals surface area contributed by atoms with Crippen molar-refractivity contribution in [1.82, 2.24) is 4.98 Å². The zero-order chi connectivity index (χ0) is 21.8. The second-order valence-electron chi connectivity index (χ2n) is 6.75. The molecule has 1 N–H and O–H groups in total. The van der Waals surface area contributed by atoms with Crippen molar-refractivity contribution in [2.45, 2.75) is 20.0 Å². The minimum Gasteiger partial charge on any atom is -0.481 e. The number of carboxylic acid groups (broad SMARTS) is 1. The van der Waals surface area contributed by atoms with Crippen LogP contribution in [0.25, 0.3) is 10.5 Å². The number of halogens is 4. The Morgan fingerprint density at radius 3 is 2.45 bits per heavy atom. The largest absolute Gasteiger partial charge is 0.481 e. The molecule has 12 heteroatoms. The number of aromatic nitrogens is 1. The smallest absolute Gasteiger partial charge is 0.407 e. The van der Waals surface area contributed by atoms with Crippen molar-refractivity contribution in [1.29, 1.82) is 0 Å². The molecule has 1 aliphatic heterocycles. The van der Waals surface area contributed by atoms with Gasteiger partial charge in [0.1, 0.15) is 11.4 Å². The molecule has 1 aromatic heterocycles. The maximum Gasteiger partial charge on any atom is 0.407 e. The van der Waals surface area contributed by atoms with Gasteiger partial charge in [-0.05, 0) is 42.5 Å². The van der Waals surface area contributed by atoms with E-state index in [2.05, 4.69) is 4.98 Å². The molecule has 0 bridgehead atoms. The van der Waals surface area contributed by atoms with Gasteiger partial charge >= 0.3 is 12.1 Å². The molecule has 0 radical (unpaired) electrons. The van der Waals surface area contributed by atoms with Gasteiger partial charge in [-0.2, -0.15) is 13.2 Å². The predicted molar refractivity (Wildman–Crippen MR) is 112 cm³/mol. The van der Waals surface area contributed by atoms with Crippen LogP contribution in [0.2, 0.25) is 0 Å². The molecule has 2 heterocycles. The van der Waals surface area contributed by atoms with E-state index in [-0.39, 0.29) is 20.3 Å². The lowest BCUT2D eigenvalue weighted by Gasteiger charge is -2.35. The first-order valence-corrected chi connectivity index (χ1v) is 11.4. The fourth-order valence-corrected chi connectivity index (χ4v) is 6.90. The minimum absolute atomic E-state index is 0.0787. The summed E-state index contributed by atoms with van der Waals surface area (Å²) in [7, 11) is -4.75. The maximum atomic E-state index is 13.4. The topological polar surface area (TPSA) is 87.6 Å². The summed E-state index contributed by atoms with van der Waals surface area (Å²) in [5, 5.41) is 9.77. The number of carbonyl (C=O) groups is 1. The van der Waals surface area contributed by atoms with E-state index in [1.54, 1.807) is 18.2 Å². The lowest BCUT2D eigenvalue weighted by atomic mass is 9.82. The summed E-state index contributed by atoms with van der Waals surface area (Å²) in [4.78, 5) is 15.5. The van der Waals surface area contributed by atoms with Crippen molar-refractivity contribution in [2.24, 2.45) is 5.41 Å². The average molecular weight is 558 g/mol. The van der Waals surface area contributed by atoms with E-state index in [0.29, 0.717) is 3.57 Å². The van der Waals surface area contributed by atoms with Gasteiger partial charge in [-0.15, -0.1) is 11.3 Å². The van der Waals surface area contributed by atoms with E-state index in [9.17, 15) is 31.5 Å². The van der Waals surface area contributed by atoms with Crippen LogP contribution in [0, 0.1) is 8.99 Å². The molecule has 0 aliphatic carbocycles. The first-order chi connectivity index (χ1) is 13.3. The van der Waals surface area contributed by atoms with Gasteiger partial charge in [0, 0.05) is 14.7 Å². The number of thiazole rings is 1. The van der Waals surface area contributed by atoms with Crippen LogP contribution in [0.15, 0.2) is 29.8 Å². The SMILES string of the molecule is CC(C)(C(=O)O)C1=C(c2ccccc2I)S(=O)(=O)N(CC(F)(F)F)c2ncsc21. The summed E-state index contributed by atoms with van der Waals surface area (Å²) in [5.74, 6) is -1.72. The van der Waals surface area contributed by atoms with Crippen molar-refractivity contribution < 1.29 is 31.5 Å². The van der Waals surface area contributed by atoms with Crippen molar-refractivity contribution in [3.63, 3.8) is 0 Å². The summed E-state index contributed by atoms with van der Waals surface area (Å²) >= 11 is 2.77. The first kappa shape index (κ1) is 22.0. The third-order valence-electron chi connectivity index (χ3n) is 4.39. The van der Waals surface area contributed by atoms with Crippen LogP contribution in [0.1, 0.15) is 24.3 Å². The third-order valence-corrected chi connectivity index (χ3v) is 7.98. The number of nitrogens with zero attached hydrogens (tertiary/aromatic N) is 2. The first-order valence-electron chi connectivity index (χ1n) is 8.05. The van der Waals surface area contributed by atoms with E-state index in [4.69, 9.17) is 0 Å². The molecule has 2 aromatic rings. The van der Waals surface area contributed by atoms with Crippen molar-refractivity contribution >= 4 is 66.2 Å². The maximum absolute atomic E-state index is 13.4. The summed E-state index contributed by atoms with van der Waals surface area (Å²) < 4.78 is 67.1. The zero-order valence-electron chi connectivity index (χ0n) is 15.0. The number of benzene rings is 1. The molecule has 156 valence electrons. The van der Waals surface area contributed by atoms with E-state index < -0.39 is 44.9 Å². The molecule has 0 fully saturated rings. The summed E-state index contributed by atoms with van der Waals surface area (Å²) in [6, 6.07) is 6.24. The molecule has 1 aliphatic rings. The zero-order valence-corrected chi connectivity index (χ0v) is 18.8. The standard InChI is InChI=1S/C17H14F3IN2O4S2/c1-16(2,15(24)25)11-12-14(22-8-28-12)23(7-17(18,19)20)29(26,27)13(11)9-5-3-4-6-10(9)21/h3-6,8H,7H2,1-2H3,(H,24,25). The number of anilines is 1. The highest BCUT2D eigenvalue weighted by molar-refractivity contribution is 14.1. The lowest BCUT2D eigenvalue weighted by Crippen LogP contribution is -2.43. The molecule has 6 nitrogen and oxygen atoms in total. The Hall–Kier alpha value is -1.67. The fourth-order valence-electron chi connectivity index (χ4n) is 2.96. The fraction of sp³-hybridized carbons (Fsp3) is 0.294. The number of alkyl halides is 3. The third kappa shape index (κ3) is 3.77.